The molecule has 1 saturated carbocycles. The Morgan fingerprint density at radius 3 is 2.92 bits per heavy atom. The van der Waals surface area contributed by atoms with Crippen molar-refractivity contribution in [2.45, 2.75) is 32.2 Å². The number of hydrogen-bond acceptors (Lipinski definition) is 4. The number of carbonyl (C=O) groups excluding carboxylic acids is 1. The number of furan rings is 1. The van der Waals surface area contributed by atoms with Crippen LogP contribution < -0.4 is 0 Å². The van der Waals surface area contributed by atoms with Gasteiger partial charge in [0.15, 0.2) is 5.76 Å². The summed E-state index contributed by atoms with van der Waals surface area (Å²) in [6, 6.07) is 3.46. The molecule has 1 amide bonds. The molecular formula is C18H23N3O3. The lowest BCUT2D eigenvalue weighted by molar-refractivity contribution is 0.0326. The highest BCUT2D eigenvalue weighted by Gasteiger charge is 2.35. The maximum Gasteiger partial charge on any atom is 0.290 e. The van der Waals surface area contributed by atoms with Gasteiger partial charge >= 0.3 is 0 Å². The molecule has 0 bridgehead atoms. The molecule has 0 unspecified atom stereocenters. The summed E-state index contributed by atoms with van der Waals surface area (Å²) in [5.41, 5.74) is 2.28. The van der Waals surface area contributed by atoms with Crippen LogP contribution in [-0.2, 0) is 18.2 Å². The van der Waals surface area contributed by atoms with E-state index in [1.54, 1.807) is 6.07 Å². The van der Waals surface area contributed by atoms with Gasteiger partial charge in [-0.15, -0.1) is 0 Å². The highest BCUT2D eigenvalue weighted by Crippen LogP contribution is 2.33. The molecule has 0 spiro atoms. The molecule has 1 aliphatic carbocycles. The van der Waals surface area contributed by atoms with Gasteiger partial charge in [-0.3, -0.25) is 9.48 Å². The van der Waals surface area contributed by atoms with E-state index in [4.69, 9.17) is 9.15 Å². The minimum absolute atomic E-state index is 0.0741. The number of hydrogen-bond donors (Lipinski definition) is 0. The van der Waals surface area contributed by atoms with Crippen molar-refractivity contribution in [1.82, 2.24) is 14.7 Å². The van der Waals surface area contributed by atoms with Gasteiger partial charge in [-0.25, -0.2) is 0 Å². The molecule has 1 fully saturated rings. The van der Waals surface area contributed by atoms with E-state index >= 15 is 0 Å². The number of fused-ring (bicyclic) bond motifs is 1. The van der Waals surface area contributed by atoms with Crippen LogP contribution in [0, 0.1) is 12.8 Å². The van der Waals surface area contributed by atoms with Crippen molar-refractivity contribution >= 4 is 5.91 Å². The number of amides is 1. The van der Waals surface area contributed by atoms with Crippen molar-refractivity contribution in [3.63, 3.8) is 0 Å². The topological polar surface area (TPSA) is 60.5 Å². The van der Waals surface area contributed by atoms with Crippen LogP contribution in [-0.4, -0.2) is 40.3 Å². The molecule has 3 heterocycles. The number of rotatable bonds is 5. The third-order valence-corrected chi connectivity index (χ3v) is 4.92. The van der Waals surface area contributed by atoms with E-state index in [1.807, 2.05) is 35.8 Å². The van der Waals surface area contributed by atoms with Gasteiger partial charge in [0, 0.05) is 20.2 Å². The smallest absolute Gasteiger partial charge is 0.290 e. The molecule has 4 rings (SSSR count). The number of aryl methyl sites for hydroxylation is 2. The van der Waals surface area contributed by atoms with Gasteiger partial charge in [0.05, 0.1) is 24.5 Å². The third-order valence-electron chi connectivity index (χ3n) is 4.92. The fourth-order valence-electron chi connectivity index (χ4n) is 3.39. The largest absolute Gasteiger partial charge is 0.456 e. The van der Waals surface area contributed by atoms with Crippen LogP contribution in [0.4, 0.5) is 0 Å². The summed E-state index contributed by atoms with van der Waals surface area (Å²) in [4.78, 5) is 14.8. The normalized spacial score (nSPS) is 20.2. The molecule has 6 heteroatoms. The SMILES string of the molecule is Cc1ccc(C(=O)N2CCc3cnn(C)c3[C@@H]2COCC2CC2)o1. The number of carbonyl (C=O) groups is 1. The molecular weight excluding hydrogens is 306 g/mol. The summed E-state index contributed by atoms with van der Waals surface area (Å²) in [5.74, 6) is 1.77. The summed E-state index contributed by atoms with van der Waals surface area (Å²) in [6.45, 7) is 3.80. The molecule has 0 saturated heterocycles. The molecule has 24 heavy (non-hydrogen) atoms. The fraction of sp³-hybridized carbons (Fsp3) is 0.556. The minimum atomic E-state index is -0.113. The van der Waals surface area contributed by atoms with Gasteiger partial charge in [0.1, 0.15) is 5.76 Å². The minimum Gasteiger partial charge on any atom is -0.456 e. The molecule has 128 valence electrons. The maximum absolute atomic E-state index is 12.9. The van der Waals surface area contributed by atoms with Crippen LogP contribution >= 0.6 is 0 Å². The van der Waals surface area contributed by atoms with Crippen molar-refractivity contribution in [3.05, 3.63) is 41.1 Å². The predicted molar refractivity (Wildman–Crippen MR) is 87.7 cm³/mol. The van der Waals surface area contributed by atoms with Gasteiger partial charge in [-0.1, -0.05) is 0 Å². The average molecular weight is 329 g/mol. The Morgan fingerprint density at radius 1 is 1.38 bits per heavy atom. The van der Waals surface area contributed by atoms with Crippen LogP contribution in [0.5, 0.6) is 0 Å². The third kappa shape index (κ3) is 2.86. The zero-order chi connectivity index (χ0) is 16.7. The highest BCUT2D eigenvalue weighted by atomic mass is 16.5. The maximum atomic E-state index is 12.9. The Kier molecular flexibility index (Phi) is 3.92. The molecule has 2 aromatic heterocycles. The van der Waals surface area contributed by atoms with Crippen LogP contribution in [0.2, 0.25) is 0 Å². The van der Waals surface area contributed by atoms with Crippen molar-refractivity contribution in [2.24, 2.45) is 13.0 Å². The van der Waals surface area contributed by atoms with E-state index in [0.29, 0.717) is 24.8 Å². The van der Waals surface area contributed by atoms with Crippen LogP contribution in [0.3, 0.4) is 0 Å². The Hall–Kier alpha value is -2.08. The number of nitrogens with zero attached hydrogens (tertiary/aromatic N) is 3. The van der Waals surface area contributed by atoms with Crippen LogP contribution in [0.15, 0.2) is 22.7 Å². The second-order valence-corrected chi connectivity index (χ2v) is 6.83. The van der Waals surface area contributed by atoms with E-state index < -0.39 is 0 Å². The van der Waals surface area contributed by atoms with Crippen LogP contribution in [0.1, 0.15) is 46.5 Å². The lowest BCUT2D eigenvalue weighted by Crippen LogP contribution is -2.42. The first kappa shape index (κ1) is 15.4. The first-order chi connectivity index (χ1) is 11.6. The molecule has 1 atom stereocenters. The van der Waals surface area contributed by atoms with Gasteiger partial charge in [-0.2, -0.15) is 5.10 Å². The van der Waals surface area contributed by atoms with Crippen molar-refractivity contribution in [1.29, 1.82) is 0 Å². The second-order valence-electron chi connectivity index (χ2n) is 6.83. The van der Waals surface area contributed by atoms with Crippen molar-refractivity contribution in [3.8, 4) is 0 Å². The lowest BCUT2D eigenvalue weighted by Gasteiger charge is -2.35. The summed E-state index contributed by atoms with van der Waals surface area (Å²) < 4.78 is 13.3. The Balaban J connectivity index is 1.58. The first-order valence-corrected chi connectivity index (χ1v) is 8.59. The lowest BCUT2D eigenvalue weighted by atomic mass is 10.00. The summed E-state index contributed by atoms with van der Waals surface area (Å²) >= 11 is 0. The quantitative estimate of drug-likeness (QED) is 0.845. The van der Waals surface area contributed by atoms with E-state index in [9.17, 15) is 4.79 Å². The van der Waals surface area contributed by atoms with E-state index in [1.165, 1.54) is 18.4 Å². The fourth-order valence-corrected chi connectivity index (χ4v) is 3.39. The first-order valence-electron chi connectivity index (χ1n) is 8.59. The molecule has 0 N–H and O–H groups in total. The average Bonchev–Trinajstić information content (AvgIpc) is 3.17. The molecule has 0 radical (unpaired) electrons. The number of ether oxygens (including phenoxy) is 1. The summed E-state index contributed by atoms with van der Waals surface area (Å²) in [6.07, 6.45) is 5.24. The Morgan fingerprint density at radius 2 is 2.21 bits per heavy atom. The van der Waals surface area contributed by atoms with Gasteiger partial charge in [0.2, 0.25) is 0 Å². The Labute approximate surface area is 141 Å². The molecule has 2 aromatic rings. The van der Waals surface area contributed by atoms with Crippen molar-refractivity contribution in [2.75, 3.05) is 19.8 Å². The van der Waals surface area contributed by atoms with Gasteiger partial charge in [-0.05, 0) is 49.8 Å². The second kappa shape index (κ2) is 6.09. The van der Waals surface area contributed by atoms with E-state index in [2.05, 4.69) is 5.10 Å². The molecule has 6 nitrogen and oxygen atoms in total. The van der Waals surface area contributed by atoms with E-state index in [-0.39, 0.29) is 11.9 Å². The predicted octanol–water partition coefficient (Wildman–Crippen LogP) is 2.49. The monoisotopic (exact) mass is 329 g/mol. The standard InChI is InChI=1S/C18H23N3O3/c1-12-3-6-16(24-12)18(22)21-8-7-14-9-19-20(2)17(14)15(21)11-23-10-13-4-5-13/h3,6,9,13,15H,4-5,7-8,10-11H2,1-2H3/t15-/m0/s1. The van der Waals surface area contributed by atoms with E-state index in [0.717, 1.165) is 24.5 Å². The highest BCUT2D eigenvalue weighted by molar-refractivity contribution is 5.92. The Bertz CT molecular complexity index is 745. The van der Waals surface area contributed by atoms with Crippen LogP contribution in [0.25, 0.3) is 0 Å². The molecule has 2 aliphatic rings. The molecule has 1 aliphatic heterocycles. The van der Waals surface area contributed by atoms with Gasteiger partial charge in [0.25, 0.3) is 5.91 Å². The number of aromatic nitrogens is 2. The van der Waals surface area contributed by atoms with Crippen molar-refractivity contribution < 1.29 is 13.9 Å². The zero-order valence-corrected chi connectivity index (χ0v) is 14.2. The zero-order valence-electron chi connectivity index (χ0n) is 14.2. The van der Waals surface area contributed by atoms with Gasteiger partial charge < -0.3 is 14.1 Å². The summed E-state index contributed by atoms with van der Waals surface area (Å²) in [5, 5.41) is 4.37. The molecule has 0 aromatic carbocycles. The summed E-state index contributed by atoms with van der Waals surface area (Å²) in [7, 11) is 1.93.